The van der Waals surface area contributed by atoms with Gasteiger partial charge in [0, 0.05) is 26.3 Å². The van der Waals surface area contributed by atoms with Crippen molar-refractivity contribution in [3.05, 3.63) is 151 Å². The third-order valence-corrected chi connectivity index (χ3v) is 20.0. The minimum absolute atomic E-state index is 0.0225. The normalized spacial score (nSPS) is 13.9. The standard InChI is InChI=1S/C68H94N6O12SSi/c1-15-18-22-35-58(75)69-54(40-42-87-14)60(76)73-59(62(78)70-53(17-3)64(80)83-41-16-2)47(6)84-65(81)56(43-46(4)5)71-61(77)57(74(13)63(79)55(44-48-29-23-19-24-30-48)72-66(82)85-67(7,8)9)45-49-36-38-50(39-37-49)86-88(68(10,11)12,51-31-25-20-26-32-51)52-33-27-21-28-34-52/h16-17,19-21,23-34,36-39,46-47,54-57,59H,2,15,18,22,35,40-45H2,1,3-14H3,(H,69,75)(H,70,78)(H,71,77)(H,72,82)(H,73,76)/b53-17+/t47-,54+,55+,56+,57+,59+/m1/s1. The van der Waals surface area contributed by atoms with E-state index in [1.807, 2.05) is 118 Å². The number of hydrogen-bond acceptors (Lipinski definition) is 13. The molecular formula is C68H94N6O12SSi. The molecule has 5 N–H and O–H groups in total. The minimum atomic E-state index is -3.07. The molecule has 0 fully saturated rings. The first-order chi connectivity index (χ1) is 41.7. The fraction of sp³-hybridized carbons (Fsp3) is 0.471. The number of esters is 2. The van der Waals surface area contributed by atoms with E-state index in [0.717, 1.165) is 28.8 Å². The lowest BCUT2D eigenvalue weighted by Crippen LogP contribution is -2.68. The van der Waals surface area contributed by atoms with Gasteiger partial charge < -0.3 is 50.1 Å². The van der Waals surface area contributed by atoms with Gasteiger partial charge >= 0.3 is 26.3 Å². The molecule has 0 heterocycles. The molecule has 0 saturated heterocycles. The molecule has 4 rings (SSSR count). The largest absolute Gasteiger partial charge is 0.534 e. The number of nitrogens with zero attached hydrogens (tertiary/aromatic N) is 1. The van der Waals surface area contributed by atoms with E-state index in [-0.39, 0.29) is 61.3 Å². The lowest BCUT2D eigenvalue weighted by Gasteiger charge is -2.43. The molecule has 0 aliphatic carbocycles. The smallest absolute Gasteiger partial charge is 0.408 e. The van der Waals surface area contributed by atoms with Gasteiger partial charge in [-0.05, 0) is 110 Å². The summed E-state index contributed by atoms with van der Waals surface area (Å²) in [6.45, 7) is 23.6. The third kappa shape index (κ3) is 22.5. The Morgan fingerprint density at radius 1 is 0.693 bits per heavy atom. The van der Waals surface area contributed by atoms with Crippen LogP contribution in [0.1, 0.15) is 126 Å². The number of amides is 6. The number of rotatable bonds is 33. The Morgan fingerprint density at radius 3 is 1.80 bits per heavy atom. The number of thioether (sulfide) groups is 1. The second-order valence-corrected chi connectivity index (χ2v) is 29.4. The average Bonchev–Trinajstić information content (AvgIpc) is 0.766. The molecule has 0 spiro atoms. The first kappa shape index (κ1) is 72.8. The zero-order valence-electron chi connectivity index (χ0n) is 53.7. The lowest BCUT2D eigenvalue weighted by molar-refractivity contribution is -0.157. The molecule has 20 heteroatoms. The van der Waals surface area contributed by atoms with E-state index in [2.05, 4.69) is 78.2 Å². The summed E-state index contributed by atoms with van der Waals surface area (Å²) in [5.74, 6) is -4.48. The average molecular weight is 1250 g/mol. The van der Waals surface area contributed by atoms with Crippen LogP contribution in [0.15, 0.2) is 140 Å². The summed E-state index contributed by atoms with van der Waals surface area (Å²) in [4.78, 5) is 115. The highest BCUT2D eigenvalue weighted by Gasteiger charge is 2.52. The quantitative estimate of drug-likeness (QED) is 0.00751. The lowest BCUT2D eigenvalue weighted by atomic mass is 9.99. The molecule has 0 aliphatic rings. The van der Waals surface area contributed by atoms with Crippen LogP contribution in [0.4, 0.5) is 4.79 Å². The van der Waals surface area contributed by atoms with Gasteiger partial charge in [0.2, 0.25) is 23.6 Å². The van der Waals surface area contributed by atoms with Gasteiger partial charge in [-0.2, -0.15) is 11.8 Å². The van der Waals surface area contributed by atoms with Crippen LogP contribution in [0.2, 0.25) is 5.04 Å². The van der Waals surface area contributed by atoms with Gasteiger partial charge in [0.1, 0.15) is 60.0 Å². The number of unbranched alkanes of at least 4 members (excludes halogenated alkanes) is 2. The van der Waals surface area contributed by atoms with Crippen molar-refractivity contribution in [1.29, 1.82) is 0 Å². The number of carbonyl (C=O) groups is 8. The molecule has 0 saturated carbocycles. The van der Waals surface area contributed by atoms with Gasteiger partial charge in [0.25, 0.3) is 5.91 Å². The van der Waals surface area contributed by atoms with Crippen LogP contribution in [0.25, 0.3) is 0 Å². The molecule has 6 atom stereocenters. The summed E-state index contributed by atoms with van der Waals surface area (Å²) >= 11 is 1.45. The van der Waals surface area contributed by atoms with E-state index in [1.54, 1.807) is 20.8 Å². The van der Waals surface area contributed by atoms with Crippen LogP contribution in [0.3, 0.4) is 0 Å². The molecule has 478 valence electrons. The highest BCUT2D eigenvalue weighted by atomic mass is 32.2. The molecule has 0 unspecified atom stereocenters. The van der Waals surface area contributed by atoms with Crippen LogP contribution in [0, 0.1) is 5.92 Å². The van der Waals surface area contributed by atoms with E-state index in [0.29, 0.717) is 23.5 Å². The second kappa shape index (κ2) is 35.3. The van der Waals surface area contributed by atoms with Gasteiger partial charge in [-0.3, -0.25) is 24.0 Å². The number of carbonyl (C=O) groups excluding carboxylic acids is 8. The van der Waals surface area contributed by atoms with Crippen molar-refractivity contribution in [3.8, 4) is 5.75 Å². The zero-order chi connectivity index (χ0) is 65.2. The van der Waals surface area contributed by atoms with Crippen molar-refractivity contribution in [2.75, 3.05) is 25.7 Å². The predicted molar refractivity (Wildman–Crippen MR) is 349 cm³/mol. The van der Waals surface area contributed by atoms with Crippen molar-refractivity contribution in [1.82, 2.24) is 31.5 Å². The number of likely N-dealkylation sites (N-methyl/N-ethyl adjacent to an activating group) is 1. The Labute approximate surface area is 526 Å². The summed E-state index contributed by atoms with van der Waals surface area (Å²) in [6.07, 6.45) is 4.86. The Balaban J connectivity index is 1.80. The minimum Gasteiger partial charge on any atom is -0.534 e. The maximum Gasteiger partial charge on any atom is 0.408 e. The van der Waals surface area contributed by atoms with Crippen LogP contribution >= 0.6 is 11.8 Å². The Kier molecular flexibility index (Phi) is 29.2. The van der Waals surface area contributed by atoms with Crippen LogP contribution < -0.4 is 41.4 Å². The monoisotopic (exact) mass is 1250 g/mol. The number of hydrogen-bond donors (Lipinski definition) is 5. The van der Waals surface area contributed by atoms with Crippen molar-refractivity contribution >= 4 is 78.0 Å². The molecule has 6 amide bonds. The maximum absolute atomic E-state index is 15.3. The first-order valence-corrected chi connectivity index (χ1v) is 33.5. The van der Waals surface area contributed by atoms with Gasteiger partial charge in [0.05, 0.1) is 0 Å². The van der Waals surface area contributed by atoms with Crippen LogP contribution in [-0.2, 0) is 60.6 Å². The van der Waals surface area contributed by atoms with Crippen LogP contribution in [0.5, 0.6) is 5.75 Å². The number of benzene rings is 4. The fourth-order valence-corrected chi connectivity index (χ4v) is 14.8. The molecule has 18 nitrogen and oxygen atoms in total. The highest BCUT2D eigenvalue weighted by Crippen LogP contribution is 2.38. The van der Waals surface area contributed by atoms with E-state index >= 15 is 9.59 Å². The summed E-state index contributed by atoms with van der Waals surface area (Å²) in [5.41, 5.74) is 0.167. The van der Waals surface area contributed by atoms with Crippen molar-refractivity contribution in [2.45, 2.75) is 174 Å². The Bertz CT molecular complexity index is 2910. The predicted octanol–water partition coefficient (Wildman–Crippen LogP) is 8.65. The molecule has 4 aromatic carbocycles. The van der Waals surface area contributed by atoms with Gasteiger partial charge in [-0.25, -0.2) is 14.4 Å². The molecule has 88 heavy (non-hydrogen) atoms. The third-order valence-electron chi connectivity index (χ3n) is 14.5. The number of alkyl carbamates (subject to hydrolysis) is 1. The van der Waals surface area contributed by atoms with E-state index in [9.17, 15) is 28.8 Å². The summed E-state index contributed by atoms with van der Waals surface area (Å²) in [5, 5.41) is 15.4. The molecule has 0 aromatic heterocycles. The molecule has 0 aliphatic heterocycles. The number of ether oxygens (including phenoxy) is 3. The van der Waals surface area contributed by atoms with Crippen LogP contribution in [-0.4, -0.2) is 128 Å². The van der Waals surface area contributed by atoms with Crippen molar-refractivity contribution in [3.63, 3.8) is 0 Å². The van der Waals surface area contributed by atoms with Gasteiger partial charge in [-0.1, -0.05) is 176 Å². The summed E-state index contributed by atoms with van der Waals surface area (Å²) < 4.78 is 24.1. The number of allylic oxidation sites excluding steroid dienone is 1. The van der Waals surface area contributed by atoms with Crippen molar-refractivity contribution < 1.29 is 57.0 Å². The van der Waals surface area contributed by atoms with Crippen molar-refractivity contribution in [2.24, 2.45) is 5.92 Å². The maximum atomic E-state index is 15.3. The van der Waals surface area contributed by atoms with Gasteiger partial charge in [-0.15, -0.1) is 0 Å². The number of nitrogens with one attached hydrogen (secondary N) is 5. The molecule has 0 bridgehead atoms. The second-order valence-electron chi connectivity index (χ2n) is 24.2. The molecular weight excluding hydrogens is 1150 g/mol. The highest BCUT2D eigenvalue weighted by molar-refractivity contribution is 7.98. The summed E-state index contributed by atoms with van der Waals surface area (Å²) in [6, 6.07) is 30.1. The molecule has 0 radical (unpaired) electrons. The first-order valence-electron chi connectivity index (χ1n) is 30.2. The fourth-order valence-electron chi connectivity index (χ4n) is 9.95. The SMILES string of the molecule is C=CCOC(=O)/C(=C\C)NC(=O)[C@@H](NC(=O)[C@H](CCSC)NC(=O)CCCCC)[C@@H](C)OC(=O)[C@H](CC(C)C)NC(=O)[C@H](Cc1ccc(O[Si](c2ccccc2)(c2ccccc2)C(C)(C)C)cc1)N(C)C(=O)[C@H](Cc1ccccc1)NC(=O)OC(C)(C)C. The van der Waals surface area contributed by atoms with E-state index < -0.39 is 91.9 Å². The Hall–Kier alpha value is -7.71. The van der Waals surface area contributed by atoms with Gasteiger partial charge in [0.15, 0.2) is 0 Å². The van der Waals surface area contributed by atoms with E-state index in [4.69, 9.17) is 18.6 Å². The zero-order valence-corrected chi connectivity index (χ0v) is 55.5. The van der Waals surface area contributed by atoms with E-state index in [1.165, 1.54) is 49.7 Å². The topological polar surface area (TPSA) is 237 Å². The molecule has 4 aromatic rings. The Morgan fingerprint density at radius 2 is 1.27 bits per heavy atom. The summed E-state index contributed by atoms with van der Waals surface area (Å²) in [7, 11) is -1.61.